The SMILES string of the molecule is CC(C)Nc1ncc(C(=O)O)c(N[C@H]2CCCN(C(=O)OC(C)(C)C)C2)n1. The second kappa shape index (κ2) is 8.41. The number of hydrogen-bond donors (Lipinski definition) is 3. The summed E-state index contributed by atoms with van der Waals surface area (Å²) in [4.78, 5) is 33.8. The molecular formula is C18H29N5O4. The number of piperidine rings is 1. The molecule has 0 unspecified atom stereocenters. The molecule has 1 amide bonds. The zero-order chi connectivity index (χ0) is 20.2. The fourth-order valence-electron chi connectivity index (χ4n) is 2.76. The van der Waals surface area contributed by atoms with Crippen molar-refractivity contribution in [3.05, 3.63) is 11.8 Å². The van der Waals surface area contributed by atoms with E-state index in [4.69, 9.17) is 4.74 Å². The van der Waals surface area contributed by atoms with Gasteiger partial charge in [-0.05, 0) is 47.5 Å². The van der Waals surface area contributed by atoms with Gasteiger partial charge in [0.1, 0.15) is 17.0 Å². The number of nitrogens with zero attached hydrogens (tertiary/aromatic N) is 3. The molecule has 9 heteroatoms. The topological polar surface area (TPSA) is 117 Å². The smallest absolute Gasteiger partial charge is 0.410 e. The van der Waals surface area contributed by atoms with E-state index in [9.17, 15) is 14.7 Å². The lowest BCUT2D eigenvalue weighted by atomic mass is 10.1. The number of likely N-dealkylation sites (tertiary alicyclic amines) is 1. The van der Waals surface area contributed by atoms with E-state index in [1.54, 1.807) is 4.90 Å². The quantitative estimate of drug-likeness (QED) is 0.715. The number of aromatic carboxylic acids is 1. The van der Waals surface area contributed by atoms with E-state index in [1.807, 2.05) is 34.6 Å². The number of carbonyl (C=O) groups excluding carboxylic acids is 1. The summed E-state index contributed by atoms with van der Waals surface area (Å²) in [6, 6.07) is -0.00274. The highest BCUT2D eigenvalue weighted by Crippen LogP contribution is 2.21. The number of carboxylic acids is 1. The summed E-state index contributed by atoms with van der Waals surface area (Å²) < 4.78 is 5.43. The maximum Gasteiger partial charge on any atom is 0.410 e. The van der Waals surface area contributed by atoms with Gasteiger partial charge in [0.2, 0.25) is 5.95 Å². The molecule has 2 heterocycles. The number of aromatic nitrogens is 2. The highest BCUT2D eigenvalue weighted by atomic mass is 16.6. The van der Waals surface area contributed by atoms with E-state index in [0.29, 0.717) is 19.0 Å². The van der Waals surface area contributed by atoms with Crippen molar-refractivity contribution in [1.82, 2.24) is 14.9 Å². The Balaban J connectivity index is 2.12. The zero-order valence-corrected chi connectivity index (χ0v) is 16.6. The van der Waals surface area contributed by atoms with Crippen LogP contribution in [0.2, 0.25) is 0 Å². The largest absolute Gasteiger partial charge is 0.477 e. The molecular weight excluding hydrogens is 350 g/mol. The van der Waals surface area contributed by atoms with Crippen LogP contribution >= 0.6 is 0 Å². The Morgan fingerprint density at radius 2 is 2.07 bits per heavy atom. The summed E-state index contributed by atoms with van der Waals surface area (Å²) in [6.45, 7) is 10.4. The molecule has 0 saturated carbocycles. The Hall–Kier alpha value is -2.58. The molecule has 2 rings (SSSR count). The number of anilines is 2. The number of rotatable bonds is 5. The lowest BCUT2D eigenvalue weighted by molar-refractivity contribution is 0.0205. The van der Waals surface area contributed by atoms with Crippen LogP contribution in [0.3, 0.4) is 0 Å². The van der Waals surface area contributed by atoms with Crippen LogP contribution < -0.4 is 10.6 Å². The molecule has 1 aromatic heterocycles. The predicted molar refractivity (Wildman–Crippen MR) is 102 cm³/mol. The Kier molecular flexibility index (Phi) is 6.45. The minimum Gasteiger partial charge on any atom is -0.477 e. The van der Waals surface area contributed by atoms with Crippen molar-refractivity contribution >= 4 is 23.8 Å². The standard InChI is InChI=1S/C18H29N5O4/c1-11(2)20-16-19-9-13(15(24)25)14(22-16)21-12-7-6-8-23(10-12)17(26)27-18(3,4)5/h9,11-12H,6-8,10H2,1-5H3,(H,24,25)(H2,19,20,21,22)/t12-/m0/s1. The molecule has 0 bridgehead atoms. The number of carboxylic acid groups (broad SMARTS) is 1. The third kappa shape index (κ3) is 6.26. The van der Waals surface area contributed by atoms with Gasteiger partial charge in [0.25, 0.3) is 0 Å². The highest BCUT2D eigenvalue weighted by molar-refractivity contribution is 5.93. The predicted octanol–water partition coefficient (Wildman–Crippen LogP) is 2.81. The number of ether oxygens (including phenoxy) is 1. The second-order valence-electron chi connectivity index (χ2n) is 7.97. The highest BCUT2D eigenvalue weighted by Gasteiger charge is 2.28. The van der Waals surface area contributed by atoms with Crippen LogP contribution in [0.15, 0.2) is 6.20 Å². The first-order chi connectivity index (χ1) is 12.5. The van der Waals surface area contributed by atoms with Gasteiger partial charge in [-0.2, -0.15) is 4.98 Å². The van der Waals surface area contributed by atoms with E-state index < -0.39 is 11.6 Å². The first kappa shape index (κ1) is 20.7. The third-order valence-corrected chi connectivity index (χ3v) is 3.85. The maximum atomic E-state index is 12.3. The summed E-state index contributed by atoms with van der Waals surface area (Å²) in [5.74, 6) is -0.498. The van der Waals surface area contributed by atoms with Crippen LogP contribution in [-0.4, -0.2) is 62.8 Å². The second-order valence-corrected chi connectivity index (χ2v) is 7.97. The van der Waals surface area contributed by atoms with Gasteiger partial charge in [0.05, 0.1) is 0 Å². The van der Waals surface area contributed by atoms with Crippen LogP contribution in [0.25, 0.3) is 0 Å². The van der Waals surface area contributed by atoms with Crippen LogP contribution in [0.1, 0.15) is 57.8 Å². The van der Waals surface area contributed by atoms with Gasteiger partial charge in [-0.3, -0.25) is 0 Å². The molecule has 0 aliphatic carbocycles. The molecule has 1 aromatic rings. The average Bonchev–Trinajstić information content (AvgIpc) is 2.53. The molecule has 1 saturated heterocycles. The van der Waals surface area contributed by atoms with E-state index in [2.05, 4.69) is 20.6 Å². The number of nitrogens with one attached hydrogen (secondary N) is 2. The fraction of sp³-hybridized carbons (Fsp3) is 0.667. The van der Waals surface area contributed by atoms with Crippen molar-refractivity contribution in [3.8, 4) is 0 Å². The van der Waals surface area contributed by atoms with Crippen LogP contribution in [-0.2, 0) is 4.74 Å². The molecule has 1 aliphatic rings. The van der Waals surface area contributed by atoms with Crippen molar-refractivity contribution in [1.29, 1.82) is 0 Å². The monoisotopic (exact) mass is 379 g/mol. The normalized spacial score (nSPS) is 17.6. The molecule has 3 N–H and O–H groups in total. The summed E-state index contributed by atoms with van der Waals surface area (Å²) in [5.41, 5.74) is -0.559. The summed E-state index contributed by atoms with van der Waals surface area (Å²) >= 11 is 0. The molecule has 1 atom stereocenters. The summed E-state index contributed by atoms with van der Waals surface area (Å²) in [6.07, 6.45) is 2.52. The fourth-order valence-corrected chi connectivity index (χ4v) is 2.76. The minimum absolute atomic E-state index is 0.00121. The van der Waals surface area contributed by atoms with Gasteiger partial charge in [-0.1, -0.05) is 0 Å². The third-order valence-electron chi connectivity index (χ3n) is 3.85. The Labute approximate surface area is 159 Å². The lowest BCUT2D eigenvalue weighted by Crippen LogP contribution is -2.47. The molecule has 0 aromatic carbocycles. The van der Waals surface area contributed by atoms with E-state index in [-0.39, 0.29) is 29.6 Å². The molecule has 27 heavy (non-hydrogen) atoms. The molecule has 1 fully saturated rings. The van der Waals surface area contributed by atoms with Crippen molar-refractivity contribution in [2.75, 3.05) is 23.7 Å². The zero-order valence-electron chi connectivity index (χ0n) is 16.6. The molecule has 9 nitrogen and oxygen atoms in total. The molecule has 0 radical (unpaired) electrons. The summed E-state index contributed by atoms with van der Waals surface area (Å²) in [5, 5.41) is 15.6. The van der Waals surface area contributed by atoms with E-state index >= 15 is 0 Å². The van der Waals surface area contributed by atoms with Gasteiger partial charge in [-0.15, -0.1) is 0 Å². The Morgan fingerprint density at radius 1 is 1.37 bits per heavy atom. The van der Waals surface area contributed by atoms with Gasteiger partial charge in [-0.25, -0.2) is 14.6 Å². The first-order valence-electron chi connectivity index (χ1n) is 9.16. The van der Waals surface area contributed by atoms with Gasteiger partial charge in [0, 0.05) is 31.4 Å². The summed E-state index contributed by atoms with van der Waals surface area (Å²) in [7, 11) is 0. The van der Waals surface area contributed by atoms with E-state index in [1.165, 1.54) is 6.20 Å². The molecule has 1 aliphatic heterocycles. The van der Waals surface area contributed by atoms with Crippen molar-refractivity contribution in [3.63, 3.8) is 0 Å². The number of amides is 1. The van der Waals surface area contributed by atoms with Gasteiger partial charge < -0.3 is 25.4 Å². The molecule has 150 valence electrons. The molecule has 0 spiro atoms. The maximum absolute atomic E-state index is 12.3. The van der Waals surface area contributed by atoms with Gasteiger partial charge in [0.15, 0.2) is 0 Å². The lowest BCUT2D eigenvalue weighted by Gasteiger charge is -2.34. The number of carbonyl (C=O) groups is 2. The van der Waals surface area contributed by atoms with Crippen LogP contribution in [0.4, 0.5) is 16.6 Å². The number of hydrogen-bond acceptors (Lipinski definition) is 7. The Morgan fingerprint density at radius 3 is 2.67 bits per heavy atom. The van der Waals surface area contributed by atoms with Crippen LogP contribution in [0, 0.1) is 0 Å². The van der Waals surface area contributed by atoms with Crippen molar-refractivity contribution in [2.45, 2.75) is 65.1 Å². The average molecular weight is 379 g/mol. The van der Waals surface area contributed by atoms with E-state index in [0.717, 1.165) is 12.8 Å². The van der Waals surface area contributed by atoms with Gasteiger partial charge >= 0.3 is 12.1 Å². The van der Waals surface area contributed by atoms with Crippen molar-refractivity contribution in [2.24, 2.45) is 0 Å². The first-order valence-corrected chi connectivity index (χ1v) is 9.16. The Bertz CT molecular complexity index is 687. The van der Waals surface area contributed by atoms with Crippen LogP contribution in [0.5, 0.6) is 0 Å². The van der Waals surface area contributed by atoms with Crippen molar-refractivity contribution < 1.29 is 19.4 Å². The minimum atomic E-state index is -1.10.